The van der Waals surface area contributed by atoms with E-state index in [9.17, 15) is 0 Å². The van der Waals surface area contributed by atoms with E-state index < -0.39 is 0 Å². The molecule has 0 amide bonds. The van der Waals surface area contributed by atoms with Crippen LogP contribution in [-0.2, 0) is 12.8 Å². The fraction of sp³-hybridized carbons (Fsp3) is 0.294. The van der Waals surface area contributed by atoms with Gasteiger partial charge in [-0.1, -0.05) is 28.1 Å². The van der Waals surface area contributed by atoms with Gasteiger partial charge < -0.3 is 10.5 Å². The molecule has 0 spiro atoms. The summed E-state index contributed by atoms with van der Waals surface area (Å²) in [6.45, 7) is 1.97. The van der Waals surface area contributed by atoms with Gasteiger partial charge in [0.15, 0.2) is 0 Å². The van der Waals surface area contributed by atoms with E-state index in [4.69, 9.17) is 10.5 Å². The van der Waals surface area contributed by atoms with E-state index in [0.29, 0.717) is 0 Å². The van der Waals surface area contributed by atoms with Crippen LogP contribution in [0.15, 0.2) is 40.9 Å². The van der Waals surface area contributed by atoms with Gasteiger partial charge in [0.25, 0.3) is 0 Å². The molecule has 2 aromatic carbocycles. The lowest BCUT2D eigenvalue weighted by molar-refractivity contribution is 0.481. The van der Waals surface area contributed by atoms with Gasteiger partial charge in [0, 0.05) is 10.5 Å². The predicted octanol–water partition coefficient (Wildman–Crippen LogP) is 4.75. The molecule has 0 saturated heterocycles. The molecule has 0 aliphatic heterocycles. The Morgan fingerprint density at radius 1 is 1.05 bits per heavy atom. The Bertz CT molecular complexity index is 637. The number of benzene rings is 2. The number of fused-ring (bicyclic) bond motifs is 1. The number of ether oxygens (including phenoxy) is 1. The maximum atomic E-state index is 5.95. The van der Waals surface area contributed by atoms with E-state index >= 15 is 0 Å². The fourth-order valence-electron chi connectivity index (χ4n) is 2.69. The number of hydrogen-bond acceptors (Lipinski definition) is 2. The first-order valence-electron chi connectivity index (χ1n) is 6.98. The van der Waals surface area contributed by atoms with Gasteiger partial charge in [0.2, 0.25) is 0 Å². The maximum Gasteiger partial charge on any atom is 0.128 e. The highest BCUT2D eigenvalue weighted by atomic mass is 79.9. The van der Waals surface area contributed by atoms with Crippen LogP contribution in [0, 0.1) is 0 Å². The van der Waals surface area contributed by atoms with Crippen molar-refractivity contribution in [2.45, 2.75) is 32.2 Å². The van der Waals surface area contributed by atoms with Gasteiger partial charge in [0.1, 0.15) is 11.5 Å². The fourth-order valence-corrected chi connectivity index (χ4v) is 3.41. The highest BCUT2D eigenvalue weighted by Crippen LogP contribution is 2.32. The Kier molecular flexibility index (Phi) is 3.81. The van der Waals surface area contributed by atoms with Crippen LogP contribution in [-0.4, -0.2) is 0 Å². The molecule has 0 fully saturated rings. The van der Waals surface area contributed by atoms with Gasteiger partial charge in [-0.2, -0.15) is 0 Å². The van der Waals surface area contributed by atoms with Crippen molar-refractivity contribution in [3.8, 4) is 11.5 Å². The second kappa shape index (κ2) is 5.58. The SMILES string of the molecule is C[C@@H](N)c1ccc(Oc2ccc3c(c2)CCC3)cc1Br. The average molecular weight is 332 g/mol. The molecule has 0 unspecified atom stereocenters. The highest BCUT2D eigenvalue weighted by Gasteiger charge is 2.12. The maximum absolute atomic E-state index is 5.95. The molecule has 1 aliphatic rings. The molecule has 2 N–H and O–H groups in total. The molecule has 0 radical (unpaired) electrons. The summed E-state index contributed by atoms with van der Waals surface area (Å²) in [6.07, 6.45) is 3.62. The lowest BCUT2D eigenvalue weighted by atomic mass is 10.1. The van der Waals surface area contributed by atoms with Crippen LogP contribution in [0.5, 0.6) is 11.5 Å². The van der Waals surface area contributed by atoms with Crippen LogP contribution in [0.1, 0.15) is 36.1 Å². The first-order chi connectivity index (χ1) is 9.63. The van der Waals surface area contributed by atoms with Crippen molar-refractivity contribution in [2.75, 3.05) is 0 Å². The molecule has 0 saturated carbocycles. The highest BCUT2D eigenvalue weighted by molar-refractivity contribution is 9.10. The van der Waals surface area contributed by atoms with Gasteiger partial charge >= 0.3 is 0 Å². The summed E-state index contributed by atoms with van der Waals surface area (Å²) >= 11 is 3.55. The normalized spacial score (nSPS) is 14.9. The Morgan fingerprint density at radius 3 is 2.50 bits per heavy atom. The van der Waals surface area contributed by atoms with Crippen molar-refractivity contribution in [1.82, 2.24) is 0 Å². The second-order valence-electron chi connectivity index (χ2n) is 5.36. The standard InChI is InChI=1S/C17H18BrNO/c1-11(19)16-8-7-15(10-17(16)18)20-14-6-5-12-3-2-4-13(12)9-14/h5-11H,2-4,19H2,1H3/t11-/m1/s1. The molecule has 104 valence electrons. The van der Waals surface area contributed by atoms with Crippen LogP contribution >= 0.6 is 15.9 Å². The summed E-state index contributed by atoms with van der Waals surface area (Å²) in [5.74, 6) is 1.74. The van der Waals surface area contributed by atoms with Gasteiger partial charge in [0.05, 0.1) is 0 Å². The largest absolute Gasteiger partial charge is 0.457 e. The van der Waals surface area contributed by atoms with Crippen LogP contribution in [0.2, 0.25) is 0 Å². The third-order valence-electron chi connectivity index (χ3n) is 3.77. The Labute approximate surface area is 128 Å². The molecule has 3 heteroatoms. The first-order valence-corrected chi connectivity index (χ1v) is 7.77. The summed E-state index contributed by atoms with van der Waals surface area (Å²) in [6, 6.07) is 12.4. The van der Waals surface area contributed by atoms with Crippen molar-refractivity contribution in [1.29, 1.82) is 0 Å². The Hall–Kier alpha value is -1.32. The number of rotatable bonds is 3. The predicted molar refractivity (Wildman–Crippen MR) is 85.3 cm³/mol. The lowest BCUT2D eigenvalue weighted by Crippen LogP contribution is -2.05. The summed E-state index contributed by atoms with van der Waals surface area (Å²) in [7, 11) is 0. The Morgan fingerprint density at radius 2 is 1.75 bits per heavy atom. The molecule has 3 rings (SSSR count). The minimum Gasteiger partial charge on any atom is -0.457 e. The zero-order valence-electron chi connectivity index (χ0n) is 11.5. The van der Waals surface area contributed by atoms with Crippen molar-refractivity contribution in [2.24, 2.45) is 5.73 Å². The number of aryl methyl sites for hydroxylation is 2. The zero-order valence-corrected chi connectivity index (χ0v) is 13.1. The zero-order chi connectivity index (χ0) is 14.1. The molecule has 20 heavy (non-hydrogen) atoms. The van der Waals surface area contributed by atoms with Gasteiger partial charge in [-0.3, -0.25) is 0 Å². The molecule has 1 atom stereocenters. The number of hydrogen-bond donors (Lipinski definition) is 1. The second-order valence-corrected chi connectivity index (χ2v) is 6.21. The van der Waals surface area contributed by atoms with Gasteiger partial charge in [-0.15, -0.1) is 0 Å². The minimum atomic E-state index is 0.0124. The topological polar surface area (TPSA) is 35.2 Å². The van der Waals surface area contributed by atoms with E-state index in [1.165, 1.54) is 30.4 Å². The smallest absolute Gasteiger partial charge is 0.128 e. The van der Waals surface area contributed by atoms with Gasteiger partial charge in [-0.25, -0.2) is 0 Å². The lowest BCUT2D eigenvalue weighted by Gasteiger charge is -2.12. The molecule has 1 aliphatic carbocycles. The minimum absolute atomic E-state index is 0.0124. The van der Waals surface area contributed by atoms with Gasteiger partial charge in [-0.05, 0) is 67.1 Å². The van der Waals surface area contributed by atoms with E-state index in [-0.39, 0.29) is 6.04 Å². The number of halogens is 1. The van der Waals surface area contributed by atoms with Crippen LogP contribution < -0.4 is 10.5 Å². The molecule has 2 nitrogen and oxygen atoms in total. The van der Waals surface area contributed by atoms with E-state index in [2.05, 4.69) is 34.1 Å². The van der Waals surface area contributed by atoms with E-state index in [0.717, 1.165) is 21.5 Å². The van der Waals surface area contributed by atoms with E-state index in [1.54, 1.807) is 0 Å². The quantitative estimate of drug-likeness (QED) is 0.880. The molecular formula is C17H18BrNO. The summed E-state index contributed by atoms with van der Waals surface area (Å²) < 4.78 is 6.94. The monoisotopic (exact) mass is 331 g/mol. The summed E-state index contributed by atoms with van der Waals surface area (Å²) in [4.78, 5) is 0. The van der Waals surface area contributed by atoms with Crippen molar-refractivity contribution < 1.29 is 4.74 Å². The number of nitrogens with two attached hydrogens (primary N) is 1. The van der Waals surface area contributed by atoms with Crippen LogP contribution in [0.4, 0.5) is 0 Å². The Balaban J connectivity index is 1.83. The molecule has 0 aromatic heterocycles. The molecule has 2 aromatic rings. The summed E-state index contributed by atoms with van der Waals surface area (Å²) in [5.41, 5.74) is 9.89. The third kappa shape index (κ3) is 2.74. The molecule has 0 heterocycles. The third-order valence-corrected chi connectivity index (χ3v) is 4.45. The average Bonchev–Trinajstić information content (AvgIpc) is 2.85. The van der Waals surface area contributed by atoms with E-state index in [1.807, 2.05) is 25.1 Å². The van der Waals surface area contributed by atoms with Crippen LogP contribution in [0.25, 0.3) is 0 Å². The van der Waals surface area contributed by atoms with Crippen LogP contribution in [0.3, 0.4) is 0 Å². The van der Waals surface area contributed by atoms with Crippen molar-refractivity contribution in [3.05, 3.63) is 57.6 Å². The molecule has 0 bridgehead atoms. The van der Waals surface area contributed by atoms with Crippen molar-refractivity contribution >= 4 is 15.9 Å². The van der Waals surface area contributed by atoms with Crippen molar-refractivity contribution in [3.63, 3.8) is 0 Å². The summed E-state index contributed by atoms with van der Waals surface area (Å²) in [5, 5.41) is 0. The first kappa shape index (κ1) is 13.7. The molecular weight excluding hydrogens is 314 g/mol.